The average molecular weight is 268 g/mol. The minimum Gasteiger partial charge on any atom is -0.330 e. The molecule has 0 amide bonds. The Morgan fingerprint density at radius 3 is 1.68 bits per heavy atom. The fourth-order valence-electron chi connectivity index (χ4n) is 3.90. The smallest absolute Gasteiger partial charge is 0.00772 e. The first-order valence-electron chi connectivity index (χ1n) is 9.00. The van der Waals surface area contributed by atoms with Crippen molar-refractivity contribution < 1.29 is 0 Å². The van der Waals surface area contributed by atoms with E-state index >= 15 is 0 Å². The number of nitrogens with two attached hydrogens (primary N) is 1. The van der Waals surface area contributed by atoms with Gasteiger partial charge in [-0.2, -0.15) is 0 Å². The molecule has 2 N–H and O–H groups in total. The summed E-state index contributed by atoms with van der Waals surface area (Å²) in [6.07, 6.45) is 17.2. The van der Waals surface area contributed by atoms with E-state index in [1.807, 2.05) is 0 Å². The fourth-order valence-corrected chi connectivity index (χ4v) is 3.90. The lowest BCUT2D eigenvalue weighted by molar-refractivity contribution is 0.311. The van der Waals surface area contributed by atoms with Gasteiger partial charge in [0.25, 0.3) is 0 Å². The molecule has 3 unspecified atom stereocenters. The van der Waals surface area contributed by atoms with Crippen LogP contribution in [-0.4, -0.2) is 6.54 Å². The molecule has 0 saturated heterocycles. The molecule has 0 bridgehead atoms. The normalized spacial score (nSPS) is 28.3. The maximum absolute atomic E-state index is 5.69. The summed E-state index contributed by atoms with van der Waals surface area (Å²) in [4.78, 5) is 0. The topological polar surface area (TPSA) is 26.0 Å². The first kappa shape index (κ1) is 17.0. The maximum Gasteiger partial charge on any atom is -0.00772 e. The second-order valence-electron chi connectivity index (χ2n) is 6.86. The van der Waals surface area contributed by atoms with Gasteiger partial charge >= 0.3 is 0 Å². The molecular formula is C18H37N. The Bertz CT molecular complexity index is 184. The number of hydrogen-bond acceptors (Lipinski definition) is 1. The van der Waals surface area contributed by atoms with Crippen molar-refractivity contribution in [2.75, 3.05) is 6.54 Å². The molecule has 3 atom stereocenters. The summed E-state index contributed by atoms with van der Waals surface area (Å²) >= 11 is 0. The molecule has 1 aliphatic carbocycles. The first-order valence-corrected chi connectivity index (χ1v) is 9.00. The highest BCUT2D eigenvalue weighted by Gasteiger charge is 2.24. The molecule has 1 fully saturated rings. The van der Waals surface area contributed by atoms with Gasteiger partial charge in [0, 0.05) is 0 Å². The van der Waals surface area contributed by atoms with Crippen LogP contribution in [0.2, 0.25) is 0 Å². The molecule has 1 aliphatic rings. The summed E-state index contributed by atoms with van der Waals surface area (Å²) in [5, 5.41) is 0. The van der Waals surface area contributed by atoms with Gasteiger partial charge in [0.2, 0.25) is 0 Å². The molecular weight excluding hydrogens is 230 g/mol. The summed E-state index contributed by atoms with van der Waals surface area (Å²) in [7, 11) is 0. The predicted molar refractivity (Wildman–Crippen MR) is 86.3 cm³/mol. The standard InChI is InChI=1S/C18H37N/c1-3-5-8-16-11-12-17(10-7-13-19)15-18(14-16)9-6-4-2/h16-18H,3-15,19H2,1-2H3. The van der Waals surface area contributed by atoms with E-state index in [1.165, 1.54) is 77.0 Å². The monoisotopic (exact) mass is 267 g/mol. The van der Waals surface area contributed by atoms with Gasteiger partial charge < -0.3 is 5.73 Å². The Morgan fingerprint density at radius 2 is 1.21 bits per heavy atom. The number of rotatable bonds is 9. The molecule has 0 aliphatic heterocycles. The summed E-state index contributed by atoms with van der Waals surface area (Å²) in [5.41, 5.74) is 5.69. The fraction of sp³-hybridized carbons (Fsp3) is 1.00. The highest BCUT2D eigenvalue weighted by molar-refractivity contribution is 4.77. The van der Waals surface area contributed by atoms with Crippen molar-refractivity contribution in [3.63, 3.8) is 0 Å². The van der Waals surface area contributed by atoms with Crippen molar-refractivity contribution in [1.82, 2.24) is 0 Å². The molecule has 1 heteroatoms. The molecule has 1 saturated carbocycles. The second-order valence-corrected chi connectivity index (χ2v) is 6.86. The van der Waals surface area contributed by atoms with Crippen molar-refractivity contribution in [3.05, 3.63) is 0 Å². The highest BCUT2D eigenvalue weighted by atomic mass is 14.5. The number of hydrogen-bond donors (Lipinski definition) is 1. The van der Waals surface area contributed by atoms with E-state index < -0.39 is 0 Å². The molecule has 1 rings (SSSR count). The molecule has 0 radical (unpaired) electrons. The van der Waals surface area contributed by atoms with Crippen LogP contribution in [0.4, 0.5) is 0 Å². The Morgan fingerprint density at radius 1 is 0.737 bits per heavy atom. The second kappa shape index (κ2) is 10.7. The minimum atomic E-state index is 0.884. The highest BCUT2D eigenvalue weighted by Crippen LogP contribution is 2.37. The molecule has 0 spiro atoms. The minimum absolute atomic E-state index is 0.884. The summed E-state index contributed by atoms with van der Waals surface area (Å²) < 4.78 is 0. The van der Waals surface area contributed by atoms with Crippen LogP contribution in [-0.2, 0) is 0 Å². The average Bonchev–Trinajstić information content (AvgIpc) is 2.62. The van der Waals surface area contributed by atoms with Crippen molar-refractivity contribution >= 4 is 0 Å². The zero-order valence-electron chi connectivity index (χ0n) is 13.5. The van der Waals surface area contributed by atoms with Crippen LogP contribution in [0.3, 0.4) is 0 Å². The molecule has 0 aromatic carbocycles. The van der Waals surface area contributed by atoms with E-state index in [-0.39, 0.29) is 0 Å². The summed E-state index contributed by atoms with van der Waals surface area (Å²) in [5.74, 6) is 3.04. The van der Waals surface area contributed by atoms with Gasteiger partial charge in [-0.05, 0) is 50.0 Å². The van der Waals surface area contributed by atoms with Gasteiger partial charge in [-0.15, -0.1) is 0 Å². The Kier molecular flexibility index (Phi) is 9.59. The SMILES string of the molecule is CCCCC1CCC(CCCN)CC(CCCC)C1. The Hall–Kier alpha value is -0.0400. The Balaban J connectivity index is 2.44. The van der Waals surface area contributed by atoms with Crippen LogP contribution in [0.5, 0.6) is 0 Å². The van der Waals surface area contributed by atoms with Crippen molar-refractivity contribution in [1.29, 1.82) is 0 Å². The van der Waals surface area contributed by atoms with Crippen LogP contribution in [0.15, 0.2) is 0 Å². The zero-order valence-corrected chi connectivity index (χ0v) is 13.5. The third-order valence-electron chi connectivity index (χ3n) is 5.06. The van der Waals surface area contributed by atoms with E-state index in [0.717, 1.165) is 24.3 Å². The van der Waals surface area contributed by atoms with Gasteiger partial charge in [-0.25, -0.2) is 0 Å². The van der Waals surface area contributed by atoms with E-state index in [1.54, 1.807) is 0 Å². The van der Waals surface area contributed by atoms with E-state index in [0.29, 0.717) is 0 Å². The zero-order chi connectivity index (χ0) is 13.9. The van der Waals surface area contributed by atoms with Gasteiger partial charge in [0.1, 0.15) is 0 Å². The van der Waals surface area contributed by atoms with E-state index in [9.17, 15) is 0 Å². The van der Waals surface area contributed by atoms with E-state index in [2.05, 4.69) is 13.8 Å². The Labute approximate surface area is 121 Å². The largest absolute Gasteiger partial charge is 0.330 e. The number of unbranched alkanes of at least 4 members (excludes halogenated alkanes) is 2. The third kappa shape index (κ3) is 7.34. The van der Waals surface area contributed by atoms with Crippen LogP contribution < -0.4 is 5.73 Å². The first-order chi connectivity index (χ1) is 9.30. The van der Waals surface area contributed by atoms with Gasteiger partial charge in [-0.3, -0.25) is 0 Å². The summed E-state index contributed by atoms with van der Waals surface area (Å²) in [6.45, 7) is 5.54. The third-order valence-corrected chi connectivity index (χ3v) is 5.06. The quantitative estimate of drug-likeness (QED) is 0.546. The molecule has 114 valence electrons. The maximum atomic E-state index is 5.69. The summed E-state index contributed by atoms with van der Waals surface area (Å²) in [6, 6.07) is 0. The lowest BCUT2D eigenvalue weighted by Gasteiger charge is -2.21. The molecule has 0 aromatic heterocycles. The lowest BCUT2D eigenvalue weighted by atomic mass is 9.85. The van der Waals surface area contributed by atoms with Gasteiger partial charge in [0.05, 0.1) is 0 Å². The lowest BCUT2D eigenvalue weighted by Crippen LogP contribution is -2.10. The van der Waals surface area contributed by atoms with Crippen LogP contribution in [0.25, 0.3) is 0 Å². The molecule has 1 nitrogen and oxygen atoms in total. The van der Waals surface area contributed by atoms with Gasteiger partial charge in [0.15, 0.2) is 0 Å². The molecule has 0 aromatic rings. The van der Waals surface area contributed by atoms with Crippen molar-refractivity contribution in [3.8, 4) is 0 Å². The van der Waals surface area contributed by atoms with E-state index in [4.69, 9.17) is 5.73 Å². The van der Waals surface area contributed by atoms with Crippen LogP contribution in [0.1, 0.15) is 90.9 Å². The predicted octanol–water partition coefficient (Wildman–Crippen LogP) is 5.53. The van der Waals surface area contributed by atoms with Gasteiger partial charge in [-0.1, -0.05) is 65.2 Å². The van der Waals surface area contributed by atoms with Crippen LogP contribution in [0, 0.1) is 17.8 Å². The van der Waals surface area contributed by atoms with Crippen LogP contribution >= 0.6 is 0 Å². The van der Waals surface area contributed by atoms with Crippen molar-refractivity contribution in [2.24, 2.45) is 23.5 Å². The van der Waals surface area contributed by atoms with Crippen molar-refractivity contribution in [2.45, 2.75) is 90.9 Å². The molecule has 0 heterocycles. The molecule has 19 heavy (non-hydrogen) atoms.